The van der Waals surface area contributed by atoms with Crippen molar-refractivity contribution in [1.82, 2.24) is 34.4 Å². The van der Waals surface area contributed by atoms with Crippen LogP contribution in [-0.2, 0) is 6.54 Å². The Balaban J connectivity index is 1.53. The summed E-state index contributed by atoms with van der Waals surface area (Å²) in [5, 5.41) is 3.75. The van der Waals surface area contributed by atoms with E-state index in [4.69, 9.17) is 4.98 Å². The van der Waals surface area contributed by atoms with Gasteiger partial charge in [0.1, 0.15) is 18.0 Å². The molecule has 1 aliphatic carbocycles. The Morgan fingerprint density at radius 3 is 2.59 bits per heavy atom. The third kappa shape index (κ3) is 3.06. The van der Waals surface area contributed by atoms with Crippen LogP contribution in [0.25, 0.3) is 22.6 Å². The zero-order valence-electron chi connectivity index (χ0n) is 17.6. The molecule has 0 unspecified atom stereocenters. The van der Waals surface area contributed by atoms with Gasteiger partial charge in [-0.1, -0.05) is 0 Å². The Labute approximate surface area is 170 Å². The van der Waals surface area contributed by atoms with Crippen LogP contribution in [0.5, 0.6) is 0 Å². The molecule has 0 aromatic carbocycles. The molecule has 0 radical (unpaired) electrons. The van der Waals surface area contributed by atoms with Crippen molar-refractivity contribution < 1.29 is 0 Å². The van der Waals surface area contributed by atoms with Gasteiger partial charge in [-0.05, 0) is 40.5 Å². The van der Waals surface area contributed by atoms with E-state index < -0.39 is 0 Å². The highest BCUT2D eigenvalue weighted by atomic mass is 15.3. The fourth-order valence-electron chi connectivity index (χ4n) is 4.50. The summed E-state index contributed by atoms with van der Waals surface area (Å²) in [5.74, 6) is 2.42. The van der Waals surface area contributed by atoms with Crippen molar-refractivity contribution in [3.63, 3.8) is 0 Å². The third-order valence-electron chi connectivity index (χ3n) is 6.50. The van der Waals surface area contributed by atoms with Crippen molar-refractivity contribution in [3.8, 4) is 11.4 Å². The molecular formula is C21H28N8. The predicted molar refractivity (Wildman–Crippen MR) is 113 cm³/mol. The maximum atomic E-state index is 4.93. The maximum absolute atomic E-state index is 4.93. The summed E-state index contributed by atoms with van der Waals surface area (Å²) in [6.07, 6.45) is 7.87. The van der Waals surface area contributed by atoms with Crippen LogP contribution in [0.4, 0.5) is 5.82 Å². The molecule has 5 rings (SSSR count). The molecule has 8 heteroatoms. The van der Waals surface area contributed by atoms with E-state index in [-0.39, 0.29) is 0 Å². The summed E-state index contributed by atoms with van der Waals surface area (Å²) >= 11 is 0. The van der Waals surface area contributed by atoms with E-state index in [2.05, 4.69) is 55.5 Å². The van der Waals surface area contributed by atoms with Gasteiger partial charge in [0.15, 0.2) is 17.0 Å². The Kier molecular flexibility index (Phi) is 4.27. The fraction of sp³-hybridized carbons (Fsp3) is 0.571. The molecule has 152 valence electrons. The lowest BCUT2D eigenvalue weighted by molar-refractivity contribution is 0.261. The Bertz CT molecular complexity index is 1030. The minimum atomic E-state index is 0.391. The summed E-state index contributed by atoms with van der Waals surface area (Å²) in [4.78, 5) is 25.3. The summed E-state index contributed by atoms with van der Waals surface area (Å²) in [5.41, 5.74) is 2.96. The Hall–Kier alpha value is -2.61. The van der Waals surface area contributed by atoms with Crippen molar-refractivity contribution >= 4 is 17.0 Å². The minimum absolute atomic E-state index is 0.391. The number of nitrogens with one attached hydrogen (secondary N) is 1. The van der Waals surface area contributed by atoms with Crippen molar-refractivity contribution in [2.45, 2.75) is 59.2 Å². The van der Waals surface area contributed by atoms with Crippen LogP contribution in [0.3, 0.4) is 0 Å². The number of anilines is 1. The lowest BCUT2D eigenvalue weighted by atomic mass is 10.0. The number of hydrogen-bond donors (Lipinski definition) is 1. The van der Waals surface area contributed by atoms with Gasteiger partial charge in [-0.25, -0.2) is 24.9 Å². The van der Waals surface area contributed by atoms with E-state index in [1.807, 2.05) is 19.3 Å². The number of aryl methyl sites for hydroxylation is 2. The summed E-state index contributed by atoms with van der Waals surface area (Å²) in [6, 6.07) is 0.970. The van der Waals surface area contributed by atoms with Gasteiger partial charge in [-0.2, -0.15) is 0 Å². The molecule has 8 nitrogen and oxygen atoms in total. The molecule has 1 atom stereocenters. The molecule has 4 heterocycles. The van der Waals surface area contributed by atoms with Gasteiger partial charge < -0.3 is 9.88 Å². The molecule has 29 heavy (non-hydrogen) atoms. The molecule has 3 aromatic rings. The van der Waals surface area contributed by atoms with Crippen LogP contribution in [0.15, 0.2) is 18.7 Å². The topological polar surface area (TPSA) is 84.7 Å². The molecular weight excluding hydrogens is 364 g/mol. The van der Waals surface area contributed by atoms with Gasteiger partial charge in [0, 0.05) is 49.5 Å². The maximum Gasteiger partial charge on any atom is 0.165 e. The first kappa shape index (κ1) is 18.4. The molecule has 1 N–H and O–H groups in total. The average Bonchev–Trinajstić information content (AvgIpc) is 3.25. The first-order valence-electron chi connectivity index (χ1n) is 10.5. The van der Waals surface area contributed by atoms with Gasteiger partial charge in [-0.3, -0.25) is 4.90 Å². The number of nitrogens with zero attached hydrogens (tertiary/aromatic N) is 7. The lowest BCUT2D eigenvalue weighted by Gasteiger charge is -2.20. The van der Waals surface area contributed by atoms with Crippen LogP contribution in [0.2, 0.25) is 0 Å². The third-order valence-corrected chi connectivity index (χ3v) is 6.50. The van der Waals surface area contributed by atoms with Gasteiger partial charge >= 0.3 is 0 Å². The van der Waals surface area contributed by atoms with Crippen LogP contribution in [-0.4, -0.2) is 59.6 Å². The van der Waals surface area contributed by atoms with E-state index in [0.717, 1.165) is 47.3 Å². The zero-order valence-corrected chi connectivity index (χ0v) is 17.6. The quantitative estimate of drug-likeness (QED) is 0.714. The molecule has 0 bridgehead atoms. The molecule has 3 aromatic heterocycles. The van der Waals surface area contributed by atoms with E-state index in [1.54, 1.807) is 6.33 Å². The minimum Gasteiger partial charge on any atom is -0.363 e. The Morgan fingerprint density at radius 2 is 1.93 bits per heavy atom. The van der Waals surface area contributed by atoms with Crippen molar-refractivity contribution in [1.29, 1.82) is 0 Å². The van der Waals surface area contributed by atoms with Crippen molar-refractivity contribution in [3.05, 3.63) is 24.5 Å². The molecule has 1 saturated heterocycles. The van der Waals surface area contributed by atoms with Gasteiger partial charge in [0.2, 0.25) is 0 Å². The number of rotatable bonds is 5. The lowest BCUT2D eigenvalue weighted by Crippen LogP contribution is -2.32. The monoisotopic (exact) mass is 392 g/mol. The van der Waals surface area contributed by atoms with E-state index >= 15 is 0 Å². The van der Waals surface area contributed by atoms with Crippen molar-refractivity contribution in [2.75, 3.05) is 18.4 Å². The SMILES string of the molecule is CCn1c(-c2cnc(C)nc2)nc2c(N[C@@H]3CN(C(C)C)CC34CC4)ncnc21. The first-order chi connectivity index (χ1) is 14.0. The van der Waals surface area contributed by atoms with E-state index in [9.17, 15) is 0 Å². The normalized spacial score (nSPS) is 20.8. The number of likely N-dealkylation sites (tertiary alicyclic amines) is 1. The smallest absolute Gasteiger partial charge is 0.165 e. The van der Waals surface area contributed by atoms with E-state index in [1.165, 1.54) is 19.4 Å². The summed E-state index contributed by atoms with van der Waals surface area (Å²) in [6.45, 7) is 11.5. The molecule has 2 aliphatic rings. The first-order valence-corrected chi connectivity index (χ1v) is 10.5. The van der Waals surface area contributed by atoms with Crippen LogP contribution in [0, 0.1) is 12.3 Å². The van der Waals surface area contributed by atoms with E-state index in [0.29, 0.717) is 17.5 Å². The zero-order chi connectivity index (χ0) is 20.2. The number of aromatic nitrogens is 6. The molecule has 1 aliphatic heterocycles. The second-order valence-electron chi connectivity index (χ2n) is 8.68. The highest BCUT2D eigenvalue weighted by molar-refractivity contribution is 5.86. The molecule has 1 spiro atoms. The average molecular weight is 393 g/mol. The summed E-state index contributed by atoms with van der Waals surface area (Å²) in [7, 11) is 0. The van der Waals surface area contributed by atoms with Crippen LogP contribution in [0.1, 0.15) is 39.4 Å². The molecule has 1 saturated carbocycles. The van der Waals surface area contributed by atoms with Gasteiger partial charge in [-0.15, -0.1) is 0 Å². The Morgan fingerprint density at radius 1 is 1.17 bits per heavy atom. The van der Waals surface area contributed by atoms with Crippen molar-refractivity contribution in [2.24, 2.45) is 5.41 Å². The summed E-state index contributed by atoms with van der Waals surface area (Å²) < 4.78 is 2.11. The highest BCUT2D eigenvalue weighted by Gasteiger charge is 2.55. The predicted octanol–water partition coefficient (Wildman–Crippen LogP) is 2.90. The number of fused-ring (bicyclic) bond motifs is 1. The fourth-order valence-corrected chi connectivity index (χ4v) is 4.50. The van der Waals surface area contributed by atoms with Gasteiger partial charge in [0.25, 0.3) is 0 Å². The number of hydrogen-bond acceptors (Lipinski definition) is 7. The van der Waals surface area contributed by atoms with Crippen LogP contribution < -0.4 is 5.32 Å². The highest BCUT2D eigenvalue weighted by Crippen LogP contribution is 2.54. The number of imidazole rings is 1. The standard InChI is InChI=1S/C21H28N8/c1-5-29-19(15-8-22-14(4)23-9-15)27-17-18(24-12-25-20(17)29)26-16-10-28(13(2)3)11-21(16)6-7-21/h8-9,12-13,16H,5-7,10-11H2,1-4H3,(H,24,25,26)/t16-/m1/s1. The molecule has 2 fully saturated rings. The molecule has 0 amide bonds. The van der Waals surface area contributed by atoms with Crippen LogP contribution >= 0.6 is 0 Å². The van der Waals surface area contributed by atoms with Gasteiger partial charge in [0.05, 0.1) is 5.56 Å². The largest absolute Gasteiger partial charge is 0.363 e. The second kappa shape index (κ2) is 6.73. The second-order valence-corrected chi connectivity index (χ2v) is 8.68.